The molecule has 0 saturated heterocycles. The number of anilines is 2. The smallest absolute Gasteiger partial charge is 0.228 e. The number of hydrogen-bond donors (Lipinski definition) is 3. The summed E-state index contributed by atoms with van der Waals surface area (Å²) >= 11 is 0. The summed E-state index contributed by atoms with van der Waals surface area (Å²) in [6, 6.07) is 22.9. The summed E-state index contributed by atoms with van der Waals surface area (Å²) in [4.78, 5) is 27.2. The Balaban J connectivity index is 0.00000324. The van der Waals surface area contributed by atoms with E-state index >= 15 is 0 Å². The van der Waals surface area contributed by atoms with E-state index < -0.39 is 0 Å². The average molecular weight is 477 g/mol. The van der Waals surface area contributed by atoms with E-state index in [0.29, 0.717) is 31.4 Å². The Labute approximate surface area is 206 Å². The Hall–Kier alpha value is -3.64. The molecule has 0 unspecified atom stereocenters. The number of amidine groups is 1. The highest BCUT2D eigenvalue weighted by molar-refractivity contribution is 5.97. The van der Waals surface area contributed by atoms with Gasteiger partial charge in [0.15, 0.2) is 0 Å². The molecule has 4 N–H and O–H groups in total. The number of carbonyl (C=O) groups is 2. The molecule has 3 aromatic carbocycles. The molecular formula is C27H29ClN4O2. The molecule has 176 valence electrons. The fourth-order valence-corrected chi connectivity index (χ4v) is 4.16. The highest BCUT2D eigenvalue weighted by Gasteiger charge is 2.22. The van der Waals surface area contributed by atoms with Gasteiger partial charge in [-0.15, -0.1) is 12.4 Å². The van der Waals surface area contributed by atoms with E-state index in [1.165, 1.54) is 0 Å². The third kappa shape index (κ3) is 6.23. The molecule has 1 aliphatic heterocycles. The van der Waals surface area contributed by atoms with Crippen LogP contribution in [0.25, 0.3) is 0 Å². The molecule has 0 aromatic heterocycles. The zero-order valence-electron chi connectivity index (χ0n) is 18.9. The molecule has 3 aromatic rings. The molecular weight excluding hydrogens is 448 g/mol. The van der Waals surface area contributed by atoms with Crippen molar-refractivity contribution in [3.63, 3.8) is 0 Å². The van der Waals surface area contributed by atoms with Crippen molar-refractivity contribution in [3.05, 3.63) is 95.1 Å². The van der Waals surface area contributed by atoms with Crippen molar-refractivity contribution in [1.29, 1.82) is 5.41 Å². The lowest BCUT2D eigenvalue weighted by atomic mass is 9.99. The van der Waals surface area contributed by atoms with Gasteiger partial charge in [-0.05, 0) is 54.2 Å². The topological polar surface area (TPSA) is 99.3 Å². The second kappa shape index (κ2) is 11.5. The quantitative estimate of drug-likeness (QED) is 0.346. The van der Waals surface area contributed by atoms with E-state index in [1.807, 2.05) is 77.7 Å². The number of nitrogens with two attached hydrogens (primary N) is 1. The molecule has 0 atom stereocenters. The van der Waals surface area contributed by atoms with E-state index in [-0.39, 0.29) is 30.1 Å². The third-order valence-corrected chi connectivity index (χ3v) is 5.88. The van der Waals surface area contributed by atoms with Gasteiger partial charge in [0, 0.05) is 29.9 Å². The van der Waals surface area contributed by atoms with Crippen LogP contribution in [0, 0.1) is 5.41 Å². The molecule has 2 amide bonds. The highest BCUT2D eigenvalue weighted by Crippen LogP contribution is 2.30. The second-order valence-electron chi connectivity index (χ2n) is 8.31. The molecule has 1 aliphatic rings. The Kier molecular flexibility index (Phi) is 8.44. The van der Waals surface area contributed by atoms with Gasteiger partial charge in [-0.25, -0.2) is 0 Å². The summed E-state index contributed by atoms with van der Waals surface area (Å²) in [6.45, 7) is 0.703. The zero-order valence-corrected chi connectivity index (χ0v) is 19.7. The summed E-state index contributed by atoms with van der Waals surface area (Å²) in [5.41, 5.74) is 11.0. The third-order valence-electron chi connectivity index (χ3n) is 5.88. The van der Waals surface area contributed by atoms with E-state index in [1.54, 1.807) is 0 Å². The van der Waals surface area contributed by atoms with Crippen molar-refractivity contribution in [1.82, 2.24) is 0 Å². The lowest BCUT2D eigenvalue weighted by molar-refractivity contribution is -0.118. The summed E-state index contributed by atoms with van der Waals surface area (Å²) in [6.07, 6.45) is 3.16. The van der Waals surface area contributed by atoms with Gasteiger partial charge in [0.05, 0.1) is 6.42 Å². The predicted octanol–water partition coefficient (Wildman–Crippen LogP) is 4.49. The molecule has 0 radical (unpaired) electrons. The van der Waals surface area contributed by atoms with Crippen molar-refractivity contribution in [2.75, 3.05) is 16.8 Å². The van der Waals surface area contributed by atoms with Crippen LogP contribution in [0.5, 0.6) is 0 Å². The number of nitrogens with one attached hydrogen (secondary N) is 2. The van der Waals surface area contributed by atoms with Crippen LogP contribution in [-0.2, 0) is 28.9 Å². The maximum absolute atomic E-state index is 13.0. The molecule has 7 heteroatoms. The molecule has 0 bridgehead atoms. The van der Waals surface area contributed by atoms with Crippen LogP contribution in [0.4, 0.5) is 11.4 Å². The standard InChI is InChI=1S/C27H28N4O2.ClH/c28-27(29)21-11-8-19(9-12-21)10-15-26(33)31-16-4-7-22-18-23(13-14-24(22)31)30-25(32)17-20-5-2-1-3-6-20;/h1-3,5-6,8-9,11-14,18H,4,7,10,15-17H2,(H3,28,29)(H,30,32);1H. The fourth-order valence-electron chi connectivity index (χ4n) is 4.16. The monoisotopic (exact) mass is 476 g/mol. The average Bonchev–Trinajstić information content (AvgIpc) is 2.82. The van der Waals surface area contributed by atoms with Crippen LogP contribution in [0.15, 0.2) is 72.8 Å². The maximum atomic E-state index is 13.0. The number of halogens is 1. The predicted molar refractivity (Wildman–Crippen MR) is 139 cm³/mol. The number of aryl methyl sites for hydroxylation is 2. The van der Waals surface area contributed by atoms with Crippen molar-refractivity contribution < 1.29 is 9.59 Å². The Bertz CT molecular complexity index is 1160. The van der Waals surface area contributed by atoms with Crippen LogP contribution in [0.2, 0.25) is 0 Å². The number of nitrogen functional groups attached to an aromatic ring is 1. The van der Waals surface area contributed by atoms with E-state index in [0.717, 1.165) is 40.9 Å². The molecule has 4 rings (SSSR count). The first-order valence-corrected chi connectivity index (χ1v) is 11.2. The lowest BCUT2D eigenvalue weighted by Gasteiger charge is -2.30. The van der Waals surface area contributed by atoms with E-state index in [2.05, 4.69) is 5.32 Å². The number of benzene rings is 3. The van der Waals surface area contributed by atoms with Gasteiger partial charge in [0.1, 0.15) is 5.84 Å². The molecule has 0 saturated carbocycles. The van der Waals surface area contributed by atoms with Gasteiger partial charge in [0.25, 0.3) is 0 Å². The molecule has 0 fully saturated rings. The van der Waals surface area contributed by atoms with Crippen LogP contribution in [0.1, 0.15) is 35.1 Å². The summed E-state index contributed by atoms with van der Waals surface area (Å²) < 4.78 is 0. The number of hydrogen-bond acceptors (Lipinski definition) is 3. The molecule has 6 nitrogen and oxygen atoms in total. The van der Waals surface area contributed by atoms with Crippen LogP contribution >= 0.6 is 12.4 Å². The van der Waals surface area contributed by atoms with Crippen molar-refractivity contribution >= 4 is 41.4 Å². The Morgan fingerprint density at radius 2 is 1.71 bits per heavy atom. The summed E-state index contributed by atoms with van der Waals surface area (Å²) in [5.74, 6) is 0.0753. The summed E-state index contributed by atoms with van der Waals surface area (Å²) in [7, 11) is 0. The largest absolute Gasteiger partial charge is 0.384 e. The number of amides is 2. The Morgan fingerprint density at radius 1 is 0.971 bits per heavy atom. The number of carbonyl (C=O) groups excluding carboxylic acids is 2. The second-order valence-corrected chi connectivity index (χ2v) is 8.31. The maximum Gasteiger partial charge on any atom is 0.228 e. The normalized spacial score (nSPS) is 12.3. The molecule has 0 spiro atoms. The van der Waals surface area contributed by atoms with Gasteiger partial charge in [-0.3, -0.25) is 15.0 Å². The van der Waals surface area contributed by atoms with Gasteiger partial charge in [0.2, 0.25) is 11.8 Å². The molecule has 1 heterocycles. The van der Waals surface area contributed by atoms with Crippen LogP contribution in [-0.4, -0.2) is 24.2 Å². The first kappa shape index (κ1) is 25.0. The van der Waals surface area contributed by atoms with Crippen molar-refractivity contribution in [3.8, 4) is 0 Å². The van der Waals surface area contributed by atoms with Gasteiger partial charge >= 0.3 is 0 Å². The minimum absolute atomic E-state index is 0. The fraction of sp³-hybridized carbons (Fsp3) is 0.222. The molecule has 34 heavy (non-hydrogen) atoms. The van der Waals surface area contributed by atoms with Gasteiger partial charge in [-0.1, -0.05) is 54.6 Å². The zero-order chi connectivity index (χ0) is 23.2. The minimum Gasteiger partial charge on any atom is -0.384 e. The number of rotatable bonds is 7. The molecule has 0 aliphatic carbocycles. The highest BCUT2D eigenvalue weighted by atomic mass is 35.5. The van der Waals surface area contributed by atoms with Gasteiger partial charge < -0.3 is 16.0 Å². The lowest BCUT2D eigenvalue weighted by Crippen LogP contribution is -2.35. The van der Waals surface area contributed by atoms with Crippen molar-refractivity contribution in [2.45, 2.75) is 32.1 Å². The van der Waals surface area contributed by atoms with E-state index in [9.17, 15) is 9.59 Å². The van der Waals surface area contributed by atoms with Gasteiger partial charge in [-0.2, -0.15) is 0 Å². The number of nitrogens with zero attached hydrogens (tertiary/aromatic N) is 1. The van der Waals surface area contributed by atoms with E-state index in [4.69, 9.17) is 11.1 Å². The Morgan fingerprint density at radius 3 is 2.41 bits per heavy atom. The first-order chi connectivity index (χ1) is 16.0. The first-order valence-electron chi connectivity index (χ1n) is 11.2. The summed E-state index contributed by atoms with van der Waals surface area (Å²) in [5, 5.41) is 10.5. The van der Waals surface area contributed by atoms with Crippen LogP contribution in [0.3, 0.4) is 0 Å². The number of fused-ring (bicyclic) bond motifs is 1. The minimum atomic E-state index is -0.0549. The van der Waals surface area contributed by atoms with Crippen LogP contribution < -0.4 is 16.0 Å². The van der Waals surface area contributed by atoms with Crippen molar-refractivity contribution in [2.24, 2.45) is 5.73 Å². The SMILES string of the molecule is Cl.N=C(N)c1ccc(CCC(=O)N2CCCc3cc(NC(=O)Cc4ccccc4)ccc32)cc1.